The summed E-state index contributed by atoms with van der Waals surface area (Å²) in [6.45, 7) is 1.86. The van der Waals surface area contributed by atoms with Gasteiger partial charge in [0.15, 0.2) is 0 Å². The topological polar surface area (TPSA) is 90.1 Å². The van der Waals surface area contributed by atoms with Crippen molar-refractivity contribution in [1.82, 2.24) is 9.97 Å². The largest absolute Gasteiger partial charge is 0.467 e. The zero-order valence-corrected chi connectivity index (χ0v) is 10.5. The molecule has 1 aromatic heterocycles. The number of nitrogens with zero attached hydrogens (tertiary/aromatic N) is 2. The summed E-state index contributed by atoms with van der Waals surface area (Å²) in [5.74, 6) is 0.0738. The SMILES string of the molecule is CCC(Nc1ncncc1C(N)=S)C(=O)OC. The maximum absolute atomic E-state index is 11.4. The van der Waals surface area contributed by atoms with Crippen molar-refractivity contribution in [2.75, 3.05) is 12.4 Å². The van der Waals surface area contributed by atoms with Gasteiger partial charge >= 0.3 is 5.97 Å². The number of nitrogens with one attached hydrogen (secondary N) is 1. The lowest BCUT2D eigenvalue weighted by Gasteiger charge is -2.16. The van der Waals surface area contributed by atoms with Crippen LogP contribution in [0.5, 0.6) is 0 Å². The Morgan fingerprint density at radius 2 is 2.41 bits per heavy atom. The molecule has 0 bridgehead atoms. The van der Waals surface area contributed by atoms with E-state index in [0.717, 1.165) is 0 Å². The first-order chi connectivity index (χ1) is 8.10. The average Bonchev–Trinajstić information content (AvgIpc) is 2.35. The fourth-order valence-electron chi connectivity index (χ4n) is 1.26. The van der Waals surface area contributed by atoms with Crippen LogP contribution in [0.2, 0.25) is 0 Å². The Bertz CT molecular complexity index is 425. The van der Waals surface area contributed by atoms with Crippen molar-refractivity contribution in [3.63, 3.8) is 0 Å². The highest BCUT2D eigenvalue weighted by molar-refractivity contribution is 7.80. The van der Waals surface area contributed by atoms with E-state index in [9.17, 15) is 4.79 Å². The molecule has 6 nitrogen and oxygen atoms in total. The molecule has 0 aliphatic carbocycles. The lowest BCUT2D eigenvalue weighted by molar-refractivity contribution is -0.141. The van der Waals surface area contributed by atoms with Crippen LogP contribution in [-0.4, -0.2) is 34.1 Å². The number of carbonyl (C=O) groups excluding carboxylic acids is 1. The summed E-state index contributed by atoms with van der Waals surface area (Å²) in [6, 6.07) is -0.483. The van der Waals surface area contributed by atoms with E-state index in [-0.39, 0.29) is 11.0 Å². The molecule has 3 N–H and O–H groups in total. The Kier molecular flexibility index (Phi) is 4.77. The number of nitrogens with two attached hydrogens (primary N) is 1. The van der Waals surface area contributed by atoms with Crippen molar-refractivity contribution >= 4 is 29.0 Å². The van der Waals surface area contributed by atoms with Gasteiger partial charge in [-0.1, -0.05) is 19.1 Å². The van der Waals surface area contributed by atoms with Crippen molar-refractivity contribution in [3.05, 3.63) is 18.1 Å². The number of anilines is 1. The maximum Gasteiger partial charge on any atom is 0.328 e. The molecule has 1 heterocycles. The molecule has 92 valence electrons. The molecule has 1 rings (SSSR count). The number of rotatable bonds is 5. The third-order valence-electron chi connectivity index (χ3n) is 2.18. The molecule has 0 fully saturated rings. The van der Waals surface area contributed by atoms with E-state index in [1.807, 2.05) is 6.92 Å². The predicted molar refractivity (Wildman–Crippen MR) is 67.6 cm³/mol. The number of ether oxygens (including phenoxy) is 1. The maximum atomic E-state index is 11.4. The van der Waals surface area contributed by atoms with Crippen LogP contribution in [0.3, 0.4) is 0 Å². The Morgan fingerprint density at radius 3 is 2.94 bits per heavy atom. The standard InChI is InChI=1S/C10H14N4O2S/c1-3-7(10(15)16-2)14-9-6(8(11)17)4-12-5-13-9/h4-5,7H,3H2,1-2H3,(H2,11,17)(H,12,13,14). The summed E-state index contributed by atoms with van der Waals surface area (Å²) < 4.78 is 4.67. The fourth-order valence-corrected chi connectivity index (χ4v) is 1.41. The first kappa shape index (κ1) is 13.3. The monoisotopic (exact) mass is 254 g/mol. The highest BCUT2D eigenvalue weighted by Crippen LogP contribution is 2.12. The predicted octanol–water partition coefficient (Wildman–Crippen LogP) is 0.474. The number of hydrogen-bond donors (Lipinski definition) is 2. The van der Waals surface area contributed by atoms with E-state index in [4.69, 9.17) is 18.0 Å². The van der Waals surface area contributed by atoms with Gasteiger partial charge in [0.25, 0.3) is 0 Å². The van der Waals surface area contributed by atoms with Crippen LogP contribution in [0, 0.1) is 0 Å². The number of esters is 1. The van der Waals surface area contributed by atoms with Gasteiger partial charge < -0.3 is 15.8 Å². The number of thiocarbonyl (C=S) groups is 1. The van der Waals surface area contributed by atoms with E-state index in [2.05, 4.69) is 20.0 Å². The van der Waals surface area contributed by atoms with Crippen molar-refractivity contribution in [1.29, 1.82) is 0 Å². The number of hydrogen-bond acceptors (Lipinski definition) is 6. The molecule has 0 aliphatic heterocycles. The van der Waals surface area contributed by atoms with Gasteiger partial charge in [0, 0.05) is 6.20 Å². The van der Waals surface area contributed by atoms with Gasteiger partial charge in [0.1, 0.15) is 23.2 Å². The molecule has 0 radical (unpaired) electrons. The minimum Gasteiger partial charge on any atom is -0.467 e. The number of methoxy groups -OCH3 is 1. The van der Waals surface area contributed by atoms with Gasteiger partial charge in [-0.3, -0.25) is 0 Å². The van der Waals surface area contributed by atoms with E-state index in [1.54, 1.807) is 0 Å². The Balaban J connectivity index is 2.93. The van der Waals surface area contributed by atoms with Crippen LogP contribution in [-0.2, 0) is 9.53 Å². The molecule has 0 saturated heterocycles. The molecule has 0 saturated carbocycles. The fraction of sp³-hybridized carbons (Fsp3) is 0.400. The highest BCUT2D eigenvalue weighted by Gasteiger charge is 2.19. The van der Waals surface area contributed by atoms with E-state index in [1.165, 1.54) is 19.6 Å². The molecule has 0 aliphatic rings. The highest BCUT2D eigenvalue weighted by atomic mass is 32.1. The summed E-state index contributed by atoms with van der Waals surface area (Å²) in [4.78, 5) is 19.4. The second-order valence-electron chi connectivity index (χ2n) is 3.28. The van der Waals surface area contributed by atoms with Gasteiger partial charge in [-0.2, -0.15) is 0 Å². The van der Waals surface area contributed by atoms with E-state index >= 15 is 0 Å². The van der Waals surface area contributed by atoms with Gasteiger partial charge in [0.2, 0.25) is 0 Å². The average molecular weight is 254 g/mol. The number of aromatic nitrogens is 2. The first-order valence-electron chi connectivity index (χ1n) is 5.04. The summed E-state index contributed by atoms with van der Waals surface area (Å²) in [5, 5.41) is 2.94. The van der Waals surface area contributed by atoms with Gasteiger partial charge in [-0.25, -0.2) is 14.8 Å². The summed E-state index contributed by atoms with van der Waals surface area (Å²) >= 11 is 4.87. The molecule has 7 heteroatoms. The van der Waals surface area contributed by atoms with Crippen LogP contribution in [0.4, 0.5) is 5.82 Å². The van der Waals surface area contributed by atoms with Gasteiger partial charge in [0.05, 0.1) is 12.7 Å². The summed E-state index contributed by atoms with van der Waals surface area (Å²) in [5.41, 5.74) is 6.04. The second kappa shape index (κ2) is 6.09. The van der Waals surface area contributed by atoms with Crippen LogP contribution in [0.1, 0.15) is 18.9 Å². The molecular weight excluding hydrogens is 240 g/mol. The second-order valence-corrected chi connectivity index (χ2v) is 3.72. The Labute approximate surface area is 105 Å². The lowest BCUT2D eigenvalue weighted by Crippen LogP contribution is -2.31. The molecule has 1 aromatic rings. The van der Waals surface area contributed by atoms with Crippen LogP contribution >= 0.6 is 12.2 Å². The van der Waals surface area contributed by atoms with Gasteiger partial charge in [-0.15, -0.1) is 0 Å². The third-order valence-corrected chi connectivity index (χ3v) is 2.40. The molecule has 17 heavy (non-hydrogen) atoms. The smallest absolute Gasteiger partial charge is 0.328 e. The minimum atomic E-state index is -0.483. The van der Waals surface area contributed by atoms with Crippen molar-refractivity contribution in [2.24, 2.45) is 5.73 Å². The zero-order valence-electron chi connectivity index (χ0n) is 9.64. The van der Waals surface area contributed by atoms with Crippen molar-refractivity contribution in [3.8, 4) is 0 Å². The number of carbonyl (C=O) groups is 1. The molecule has 1 unspecified atom stereocenters. The van der Waals surface area contributed by atoms with E-state index in [0.29, 0.717) is 17.8 Å². The molecule has 0 amide bonds. The van der Waals surface area contributed by atoms with Crippen molar-refractivity contribution in [2.45, 2.75) is 19.4 Å². The summed E-state index contributed by atoms with van der Waals surface area (Å²) in [7, 11) is 1.33. The molecule has 0 spiro atoms. The molecule has 1 atom stereocenters. The quantitative estimate of drug-likeness (QED) is 0.583. The first-order valence-corrected chi connectivity index (χ1v) is 5.45. The molecule has 0 aromatic carbocycles. The Morgan fingerprint density at radius 1 is 1.71 bits per heavy atom. The lowest BCUT2D eigenvalue weighted by atomic mass is 10.2. The molecular formula is C10H14N4O2S. The minimum absolute atomic E-state index is 0.174. The summed E-state index contributed by atoms with van der Waals surface area (Å²) in [6.07, 6.45) is 3.42. The van der Waals surface area contributed by atoms with Crippen LogP contribution in [0.25, 0.3) is 0 Å². The zero-order chi connectivity index (χ0) is 12.8. The van der Waals surface area contributed by atoms with Crippen molar-refractivity contribution < 1.29 is 9.53 Å². The van der Waals surface area contributed by atoms with Crippen LogP contribution in [0.15, 0.2) is 12.5 Å². The normalized spacial score (nSPS) is 11.6. The third kappa shape index (κ3) is 3.35. The van der Waals surface area contributed by atoms with Gasteiger partial charge in [-0.05, 0) is 6.42 Å². The van der Waals surface area contributed by atoms with E-state index < -0.39 is 6.04 Å². The van der Waals surface area contributed by atoms with Crippen LogP contribution < -0.4 is 11.1 Å². The Hall–Kier alpha value is -1.76.